The van der Waals surface area contributed by atoms with Gasteiger partial charge in [0.1, 0.15) is 0 Å². The fraction of sp³-hybridized carbons (Fsp3) is 0.750. The monoisotopic (exact) mass is 331 g/mol. The zero-order valence-corrected chi connectivity index (χ0v) is 15.6. The molecule has 0 amide bonds. The minimum absolute atomic E-state index is 0.275. The first-order valence-electron chi connectivity index (χ1n) is 7.81. The Morgan fingerprint density at radius 3 is 1.90 bits per heavy atom. The highest BCUT2D eigenvalue weighted by Crippen LogP contribution is 2.41. The zero-order valence-electron chi connectivity index (χ0n) is 12.9. The Bertz CT molecular complexity index is 360. The molecule has 3 unspecified atom stereocenters. The van der Waals surface area contributed by atoms with Gasteiger partial charge in [-0.15, -0.1) is 0 Å². The Kier molecular flexibility index (Phi) is 8.61. The van der Waals surface area contributed by atoms with Crippen molar-refractivity contribution in [1.29, 1.82) is 0 Å². The SMILES string of the molecule is CCCC(S)c1c[nH]c(C(S)CCC)c1C(S)CCC. The summed E-state index contributed by atoms with van der Waals surface area (Å²) in [7, 11) is 0. The second-order valence-corrected chi connectivity index (χ2v) is 7.35. The van der Waals surface area contributed by atoms with Crippen molar-refractivity contribution in [1.82, 2.24) is 4.98 Å². The molecule has 0 aromatic carbocycles. The van der Waals surface area contributed by atoms with Crippen LogP contribution in [-0.4, -0.2) is 4.98 Å². The molecular weight excluding hydrogens is 302 g/mol. The number of aromatic amines is 1. The quantitative estimate of drug-likeness (QED) is 0.378. The number of rotatable bonds is 9. The molecule has 1 N–H and O–H groups in total. The Balaban J connectivity index is 3.11. The molecule has 0 aliphatic carbocycles. The van der Waals surface area contributed by atoms with E-state index in [2.05, 4.69) is 32.0 Å². The molecule has 0 saturated carbocycles. The van der Waals surface area contributed by atoms with Gasteiger partial charge in [-0.2, -0.15) is 37.9 Å². The molecule has 20 heavy (non-hydrogen) atoms. The van der Waals surface area contributed by atoms with Crippen molar-refractivity contribution >= 4 is 37.9 Å². The van der Waals surface area contributed by atoms with E-state index >= 15 is 0 Å². The zero-order chi connectivity index (χ0) is 15.1. The fourth-order valence-corrected chi connectivity index (χ4v) is 4.14. The van der Waals surface area contributed by atoms with Gasteiger partial charge in [-0.3, -0.25) is 0 Å². The maximum atomic E-state index is 4.84. The minimum atomic E-state index is 0.275. The van der Waals surface area contributed by atoms with E-state index in [1.165, 1.54) is 16.8 Å². The van der Waals surface area contributed by atoms with Crippen LogP contribution in [0.3, 0.4) is 0 Å². The molecule has 1 heterocycles. The van der Waals surface area contributed by atoms with Gasteiger partial charge in [-0.1, -0.05) is 40.0 Å². The van der Waals surface area contributed by atoms with Crippen molar-refractivity contribution in [2.45, 2.75) is 75.0 Å². The average Bonchev–Trinajstić information content (AvgIpc) is 2.84. The summed E-state index contributed by atoms with van der Waals surface area (Å²) in [4.78, 5) is 3.46. The number of hydrogen-bond acceptors (Lipinski definition) is 3. The lowest BCUT2D eigenvalue weighted by atomic mass is 9.97. The van der Waals surface area contributed by atoms with Gasteiger partial charge in [-0.05, 0) is 30.4 Å². The van der Waals surface area contributed by atoms with Crippen LogP contribution in [0, 0.1) is 0 Å². The van der Waals surface area contributed by atoms with Crippen LogP contribution in [0.25, 0.3) is 0 Å². The highest BCUT2D eigenvalue weighted by atomic mass is 32.1. The summed E-state index contributed by atoms with van der Waals surface area (Å²) in [5.41, 5.74) is 3.94. The second-order valence-electron chi connectivity index (χ2n) is 5.48. The minimum Gasteiger partial charge on any atom is -0.364 e. The maximum absolute atomic E-state index is 4.84. The molecule has 0 aliphatic rings. The Morgan fingerprint density at radius 2 is 1.35 bits per heavy atom. The van der Waals surface area contributed by atoms with Crippen molar-refractivity contribution in [3.05, 3.63) is 23.0 Å². The van der Waals surface area contributed by atoms with E-state index in [9.17, 15) is 0 Å². The molecule has 4 heteroatoms. The maximum Gasteiger partial charge on any atom is 0.0421 e. The first kappa shape index (κ1) is 18.4. The summed E-state index contributed by atoms with van der Waals surface area (Å²) in [6.45, 7) is 6.62. The van der Waals surface area contributed by atoms with Gasteiger partial charge in [0.05, 0.1) is 0 Å². The normalized spacial score (nSPS) is 16.1. The Morgan fingerprint density at radius 1 is 0.850 bits per heavy atom. The molecule has 0 radical (unpaired) electrons. The molecule has 0 saturated heterocycles. The van der Waals surface area contributed by atoms with E-state index in [4.69, 9.17) is 37.9 Å². The third kappa shape index (κ3) is 4.67. The molecule has 0 bridgehead atoms. The molecular formula is C16H29NS3. The van der Waals surface area contributed by atoms with E-state index in [-0.39, 0.29) is 10.5 Å². The molecule has 0 aliphatic heterocycles. The van der Waals surface area contributed by atoms with Crippen molar-refractivity contribution in [3.63, 3.8) is 0 Å². The van der Waals surface area contributed by atoms with E-state index in [1.807, 2.05) is 0 Å². The molecule has 1 aromatic heterocycles. The van der Waals surface area contributed by atoms with Crippen LogP contribution in [0.1, 0.15) is 91.9 Å². The van der Waals surface area contributed by atoms with Crippen LogP contribution < -0.4 is 0 Å². The average molecular weight is 332 g/mol. The van der Waals surface area contributed by atoms with Crippen molar-refractivity contribution < 1.29 is 0 Å². The number of thiol groups is 3. The van der Waals surface area contributed by atoms with Gasteiger partial charge in [0.2, 0.25) is 0 Å². The molecule has 1 rings (SSSR count). The second kappa shape index (κ2) is 9.37. The third-order valence-corrected chi connectivity index (χ3v) is 5.27. The van der Waals surface area contributed by atoms with Crippen LogP contribution >= 0.6 is 37.9 Å². The standard InChI is InChI=1S/C16H29NS3/c1-4-7-12(18)11-10-17-16(14(20)9-6-3)15(11)13(19)8-5-2/h10,12-14,17-20H,4-9H2,1-3H3. The fourth-order valence-electron chi connectivity index (χ4n) is 2.65. The Hall–Kier alpha value is 0.330. The van der Waals surface area contributed by atoms with Crippen molar-refractivity contribution in [2.24, 2.45) is 0 Å². The van der Waals surface area contributed by atoms with E-state index in [0.717, 1.165) is 38.5 Å². The van der Waals surface area contributed by atoms with E-state index < -0.39 is 0 Å². The molecule has 116 valence electrons. The van der Waals surface area contributed by atoms with Crippen LogP contribution in [0.4, 0.5) is 0 Å². The van der Waals surface area contributed by atoms with Gasteiger partial charge in [0.15, 0.2) is 0 Å². The predicted molar refractivity (Wildman–Crippen MR) is 101 cm³/mol. The summed E-state index contributed by atoms with van der Waals surface area (Å²) < 4.78 is 0. The Labute approximate surface area is 140 Å². The van der Waals surface area contributed by atoms with Crippen molar-refractivity contribution in [2.75, 3.05) is 0 Å². The number of nitrogens with one attached hydrogen (secondary N) is 1. The summed E-state index contributed by atoms with van der Waals surface area (Å²) in [6.07, 6.45) is 8.87. The third-order valence-electron chi connectivity index (χ3n) is 3.70. The van der Waals surface area contributed by atoms with E-state index in [0.29, 0.717) is 5.25 Å². The van der Waals surface area contributed by atoms with Gasteiger partial charge < -0.3 is 4.98 Å². The highest BCUT2D eigenvalue weighted by molar-refractivity contribution is 7.81. The topological polar surface area (TPSA) is 15.8 Å². The van der Waals surface area contributed by atoms with Crippen LogP contribution in [0.2, 0.25) is 0 Å². The van der Waals surface area contributed by atoms with Crippen LogP contribution in [0.15, 0.2) is 6.20 Å². The van der Waals surface area contributed by atoms with Gasteiger partial charge in [-0.25, -0.2) is 0 Å². The number of H-pyrrole nitrogens is 1. The van der Waals surface area contributed by atoms with Gasteiger partial charge >= 0.3 is 0 Å². The molecule has 1 aromatic rings. The number of aromatic nitrogens is 1. The smallest absolute Gasteiger partial charge is 0.0421 e. The van der Waals surface area contributed by atoms with E-state index in [1.54, 1.807) is 0 Å². The lowest BCUT2D eigenvalue weighted by Gasteiger charge is -2.19. The highest BCUT2D eigenvalue weighted by Gasteiger charge is 2.24. The van der Waals surface area contributed by atoms with Crippen molar-refractivity contribution in [3.8, 4) is 0 Å². The molecule has 3 atom stereocenters. The van der Waals surface area contributed by atoms with Gasteiger partial charge in [0, 0.05) is 27.6 Å². The first-order valence-corrected chi connectivity index (χ1v) is 9.36. The largest absolute Gasteiger partial charge is 0.364 e. The van der Waals surface area contributed by atoms with Crippen LogP contribution in [0.5, 0.6) is 0 Å². The lowest BCUT2D eigenvalue weighted by molar-refractivity contribution is 0.723. The van der Waals surface area contributed by atoms with Crippen LogP contribution in [-0.2, 0) is 0 Å². The summed E-state index contributed by atoms with van der Waals surface area (Å²) >= 11 is 14.4. The predicted octanol–water partition coefficient (Wildman–Crippen LogP) is 6.33. The summed E-state index contributed by atoms with van der Waals surface area (Å²) in [6, 6.07) is 0. The van der Waals surface area contributed by atoms with Gasteiger partial charge in [0.25, 0.3) is 0 Å². The summed E-state index contributed by atoms with van der Waals surface area (Å²) in [5.74, 6) is 0. The lowest BCUT2D eigenvalue weighted by Crippen LogP contribution is -2.03. The summed E-state index contributed by atoms with van der Waals surface area (Å²) in [5, 5.41) is 0.861. The number of hydrogen-bond donors (Lipinski definition) is 4. The first-order chi connectivity index (χ1) is 9.56. The molecule has 1 nitrogen and oxygen atoms in total. The molecule has 0 spiro atoms. The molecule has 0 fully saturated rings.